The van der Waals surface area contributed by atoms with Crippen LogP contribution in [0.4, 0.5) is 0 Å². The highest BCUT2D eigenvalue weighted by Crippen LogP contribution is 2.32. The molecule has 0 amide bonds. The van der Waals surface area contributed by atoms with Crippen molar-refractivity contribution in [2.24, 2.45) is 0 Å². The van der Waals surface area contributed by atoms with Gasteiger partial charge >= 0.3 is 0 Å². The van der Waals surface area contributed by atoms with E-state index in [1.807, 2.05) is 17.4 Å². The minimum atomic E-state index is 0.358. The fourth-order valence-electron chi connectivity index (χ4n) is 3.31. The predicted octanol–water partition coefficient (Wildman–Crippen LogP) is -0.0396. The van der Waals surface area contributed by atoms with Crippen molar-refractivity contribution in [1.82, 2.24) is 0 Å². The van der Waals surface area contributed by atoms with E-state index < -0.39 is 0 Å². The van der Waals surface area contributed by atoms with E-state index >= 15 is 0 Å². The fourth-order valence-corrected chi connectivity index (χ4v) is 4.09. The second-order valence-corrected chi connectivity index (χ2v) is 7.15. The van der Waals surface area contributed by atoms with Crippen LogP contribution in [0.5, 0.6) is 11.5 Å². The Balaban J connectivity index is 1.30. The second-order valence-electron chi connectivity index (χ2n) is 6.12. The van der Waals surface area contributed by atoms with Crippen molar-refractivity contribution in [3.05, 3.63) is 46.2 Å². The lowest BCUT2D eigenvalue weighted by Crippen LogP contribution is -3.27. The maximum atomic E-state index is 5.47. The lowest BCUT2D eigenvalue weighted by molar-refractivity contribution is -1.02. The topological polar surface area (TPSA) is 27.3 Å². The van der Waals surface area contributed by atoms with Crippen LogP contribution in [-0.2, 0) is 13.1 Å². The number of rotatable bonds is 4. The molecule has 5 heteroatoms. The predicted molar refractivity (Wildman–Crippen MR) is 85.7 cm³/mol. The van der Waals surface area contributed by atoms with Gasteiger partial charge in [-0.2, -0.15) is 0 Å². The summed E-state index contributed by atoms with van der Waals surface area (Å²) in [5, 5.41) is 2.18. The van der Waals surface area contributed by atoms with Gasteiger partial charge in [-0.25, -0.2) is 0 Å². The lowest BCUT2D eigenvalue weighted by atomic mass is 10.1. The molecule has 2 aliphatic rings. The Morgan fingerprint density at radius 1 is 0.909 bits per heavy atom. The minimum absolute atomic E-state index is 0.358. The smallest absolute Gasteiger partial charge is 0.231 e. The summed E-state index contributed by atoms with van der Waals surface area (Å²) in [6.45, 7) is 7.65. The summed E-state index contributed by atoms with van der Waals surface area (Å²) in [5.41, 5.74) is 1.35. The average Bonchev–Trinajstić information content (AvgIpc) is 3.20. The van der Waals surface area contributed by atoms with Crippen molar-refractivity contribution in [3.8, 4) is 11.5 Å². The number of benzene rings is 1. The normalized spacial score (nSPS) is 23.6. The molecule has 0 atom stereocenters. The SMILES string of the molecule is c1csc(C[NH+]2CC[NH+](Cc3ccc4c(c3)OCO4)CC2)c1. The zero-order valence-corrected chi connectivity index (χ0v) is 13.5. The van der Waals surface area contributed by atoms with Crippen LogP contribution in [0.1, 0.15) is 10.4 Å². The van der Waals surface area contributed by atoms with Crippen molar-refractivity contribution in [2.45, 2.75) is 13.1 Å². The number of piperazine rings is 1. The molecule has 0 aliphatic carbocycles. The van der Waals surface area contributed by atoms with Gasteiger partial charge in [-0.05, 0) is 29.6 Å². The van der Waals surface area contributed by atoms with Gasteiger partial charge < -0.3 is 19.3 Å². The van der Waals surface area contributed by atoms with Gasteiger partial charge in [0.15, 0.2) is 11.5 Å². The third-order valence-corrected chi connectivity index (χ3v) is 5.44. The van der Waals surface area contributed by atoms with E-state index in [1.54, 1.807) is 9.80 Å². The maximum Gasteiger partial charge on any atom is 0.231 e. The number of ether oxygens (including phenoxy) is 2. The summed E-state index contributed by atoms with van der Waals surface area (Å²) in [6, 6.07) is 10.8. The fraction of sp³-hybridized carbons (Fsp3) is 0.412. The summed E-state index contributed by atoms with van der Waals surface area (Å²) in [7, 11) is 0. The number of nitrogens with one attached hydrogen (secondary N) is 2. The van der Waals surface area contributed by atoms with E-state index in [9.17, 15) is 0 Å². The van der Waals surface area contributed by atoms with E-state index in [4.69, 9.17) is 9.47 Å². The molecular weight excluding hydrogens is 296 g/mol. The standard InChI is InChI=1S/C17H20N2O2S/c1-2-15(22-9-1)12-19-7-5-18(6-8-19)11-14-3-4-16-17(10-14)21-13-20-16/h1-4,9-10H,5-8,11-13H2/p+2. The molecule has 0 spiro atoms. The van der Waals surface area contributed by atoms with E-state index in [1.165, 1.54) is 43.2 Å². The first-order valence-electron chi connectivity index (χ1n) is 7.95. The Labute approximate surface area is 134 Å². The highest BCUT2D eigenvalue weighted by molar-refractivity contribution is 7.09. The minimum Gasteiger partial charge on any atom is -0.454 e. The summed E-state index contributed by atoms with van der Waals surface area (Å²) in [6.07, 6.45) is 0. The summed E-state index contributed by atoms with van der Waals surface area (Å²) >= 11 is 1.88. The monoisotopic (exact) mass is 318 g/mol. The molecule has 116 valence electrons. The Hall–Kier alpha value is -1.56. The number of thiophene rings is 1. The van der Waals surface area contributed by atoms with Gasteiger partial charge in [-0.1, -0.05) is 6.07 Å². The molecule has 1 aromatic carbocycles. The number of fused-ring (bicyclic) bond motifs is 1. The summed E-state index contributed by atoms with van der Waals surface area (Å²) in [4.78, 5) is 4.90. The van der Waals surface area contributed by atoms with Gasteiger partial charge in [0.2, 0.25) is 6.79 Å². The van der Waals surface area contributed by atoms with Gasteiger partial charge in [0.1, 0.15) is 39.3 Å². The molecule has 0 radical (unpaired) electrons. The first kappa shape index (κ1) is 14.1. The molecule has 2 aliphatic heterocycles. The highest BCUT2D eigenvalue weighted by atomic mass is 32.1. The summed E-state index contributed by atoms with van der Waals surface area (Å²) < 4.78 is 10.8. The van der Waals surface area contributed by atoms with Crippen molar-refractivity contribution in [1.29, 1.82) is 0 Å². The Morgan fingerprint density at radius 3 is 2.45 bits per heavy atom. The first-order valence-corrected chi connectivity index (χ1v) is 8.83. The van der Waals surface area contributed by atoms with Gasteiger partial charge in [0.25, 0.3) is 0 Å². The molecule has 2 aromatic rings. The van der Waals surface area contributed by atoms with E-state index in [0.717, 1.165) is 18.0 Å². The highest BCUT2D eigenvalue weighted by Gasteiger charge is 2.24. The van der Waals surface area contributed by atoms with E-state index in [0.29, 0.717) is 6.79 Å². The molecule has 22 heavy (non-hydrogen) atoms. The van der Waals surface area contributed by atoms with Crippen LogP contribution in [0.2, 0.25) is 0 Å². The largest absolute Gasteiger partial charge is 0.454 e. The van der Waals surface area contributed by atoms with Gasteiger partial charge in [-0.3, -0.25) is 0 Å². The van der Waals surface area contributed by atoms with Crippen LogP contribution in [0.25, 0.3) is 0 Å². The Bertz CT molecular complexity index is 622. The van der Waals surface area contributed by atoms with Crippen LogP contribution in [0, 0.1) is 0 Å². The average molecular weight is 318 g/mol. The maximum absolute atomic E-state index is 5.47. The van der Waals surface area contributed by atoms with Gasteiger partial charge in [0.05, 0.1) is 4.88 Å². The van der Waals surface area contributed by atoms with Crippen molar-refractivity contribution in [2.75, 3.05) is 33.0 Å². The van der Waals surface area contributed by atoms with Crippen LogP contribution < -0.4 is 19.3 Å². The number of quaternary nitrogens is 2. The molecule has 1 fully saturated rings. The molecule has 2 N–H and O–H groups in total. The van der Waals surface area contributed by atoms with E-state index in [2.05, 4.69) is 29.6 Å². The second kappa shape index (κ2) is 6.28. The zero-order chi connectivity index (χ0) is 14.8. The van der Waals surface area contributed by atoms with Gasteiger partial charge in [-0.15, -0.1) is 11.3 Å². The molecule has 0 unspecified atom stereocenters. The molecular formula is C17H22N2O2S+2. The lowest BCUT2D eigenvalue weighted by Gasteiger charge is -2.29. The van der Waals surface area contributed by atoms with Gasteiger partial charge in [0, 0.05) is 5.56 Å². The van der Waals surface area contributed by atoms with Crippen LogP contribution in [0.3, 0.4) is 0 Å². The molecule has 1 aromatic heterocycles. The molecule has 0 saturated carbocycles. The third kappa shape index (κ3) is 3.11. The molecule has 4 rings (SSSR count). The third-order valence-electron chi connectivity index (χ3n) is 4.56. The quantitative estimate of drug-likeness (QED) is 0.828. The summed E-state index contributed by atoms with van der Waals surface area (Å²) in [5.74, 6) is 1.78. The molecule has 3 heterocycles. The van der Waals surface area contributed by atoms with E-state index in [-0.39, 0.29) is 0 Å². The zero-order valence-electron chi connectivity index (χ0n) is 12.6. The first-order chi connectivity index (χ1) is 10.9. The molecule has 0 bridgehead atoms. The Kier molecular flexibility index (Phi) is 4.01. The van der Waals surface area contributed by atoms with Crippen LogP contribution >= 0.6 is 11.3 Å². The number of hydrogen-bond acceptors (Lipinski definition) is 3. The van der Waals surface area contributed by atoms with Crippen molar-refractivity contribution >= 4 is 11.3 Å². The van der Waals surface area contributed by atoms with Crippen molar-refractivity contribution < 1.29 is 19.3 Å². The van der Waals surface area contributed by atoms with Crippen LogP contribution in [0.15, 0.2) is 35.7 Å². The Morgan fingerprint density at radius 2 is 1.68 bits per heavy atom. The van der Waals surface area contributed by atoms with Crippen molar-refractivity contribution in [3.63, 3.8) is 0 Å². The van der Waals surface area contributed by atoms with Crippen LogP contribution in [-0.4, -0.2) is 33.0 Å². The molecule has 4 nitrogen and oxygen atoms in total. The number of hydrogen-bond donors (Lipinski definition) is 2. The molecule has 1 saturated heterocycles.